The van der Waals surface area contributed by atoms with Crippen LogP contribution in [0.25, 0.3) is 10.9 Å². The Hall–Kier alpha value is -3.51. The van der Waals surface area contributed by atoms with E-state index < -0.39 is 24.5 Å². The zero-order valence-electron chi connectivity index (χ0n) is 23.7. The van der Waals surface area contributed by atoms with Gasteiger partial charge in [0.2, 0.25) is 0 Å². The first-order valence-corrected chi connectivity index (χ1v) is 12.8. The van der Waals surface area contributed by atoms with Gasteiger partial charge in [-0.1, -0.05) is 36.4 Å². The van der Waals surface area contributed by atoms with Gasteiger partial charge in [-0.15, -0.1) is 0 Å². The van der Waals surface area contributed by atoms with Crippen LogP contribution in [0.15, 0.2) is 85.1 Å². The largest absolute Gasteiger partial charge is 1.00 e. The SMILES string of the molecule is O=C(O)CNC(=O)c1cccc2c(Oc3ccc(C[C@@H](CO)NC[C@H](O)COc4ccccc4)cc3)ccnc12.[H-].[Na+]. The van der Waals surface area contributed by atoms with Crippen LogP contribution in [-0.4, -0.2) is 70.6 Å². The maximum atomic E-state index is 12.5. The second kappa shape index (κ2) is 16.1. The number of aromatic nitrogens is 1. The first kappa shape index (κ1) is 32.0. The van der Waals surface area contributed by atoms with E-state index in [1.54, 1.807) is 24.3 Å². The summed E-state index contributed by atoms with van der Waals surface area (Å²) in [5.74, 6) is 0.0710. The number of rotatable bonds is 14. The maximum Gasteiger partial charge on any atom is 1.00 e. The van der Waals surface area contributed by atoms with Crippen molar-refractivity contribution in [2.45, 2.75) is 18.6 Å². The number of aliphatic carboxylic acids is 1. The van der Waals surface area contributed by atoms with E-state index in [1.807, 2.05) is 54.6 Å². The van der Waals surface area contributed by atoms with E-state index >= 15 is 0 Å². The van der Waals surface area contributed by atoms with Gasteiger partial charge in [0.05, 0.1) is 17.7 Å². The van der Waals surface area contributed by atoms with Crippen LogP contribution in [0, 0.1) is 0 Å². The molecular weight excluding hydrogens is 537 g/mol. The third-order valence-corrected chi connectivity index (χ3v) is 6.06. The average molecular weight is 570 g/mol. The van der Waals surface area contributed by atoms with Gasteiger partial charge in [0.15, 0.2) is 0 Å². The molecule has 0 bridgehead atoms. The summed E-state index contributed by atoms with van der Waals surface area (Å²) in [6, 6.07) is 23.1. The summed E-state index contributed by atoms with van der Waals surface area (Å²) < 4.78 is 11.6. The number of carboxylic acids is 1. The van der Waals surface area contributed by atoms with Crippen molar-refractivity contribution in [2.24, 2.45) is 0 Å². The number of carbonyl (C=O) groups is 2. The molecule has 0 unspecified atom stereocenters. The fourth-order valence-electron chi connectivity index (χ4n) is 4.05. The molecule has 210 valence electrons. The van der Waals surface area contributed by atoms with Crippen molar-refractivity contribution < 1.29 is 65.4 Å². The molecule has 0 fully saturated rings. The summed E-state index contributed by atoms with van der Waals surface area (Å²) >= 11 is 0. The second-order valence-corrected chi connectivity index (χ2v) is 9.10. The molecule has 4 aromatic rings. The Morgan fingerprint density at radius 3 is 2.41 bits per heavy atom. The van der Waals surface area contributed by atoms with Crippen LogP contribution in [0.1, 0.15) is 17.3 Å². The van der Waals surface area contributed by atoms with E-state index in [-0.39, 0.29) is 62.3 Å². The molecule has 11 heteroatoms. The number of pyridine rings is 1. The zero-order valence-corrected chi connectivity index (χ0v) is 24.7. The number of fused-ring (bicyclic) bond motifs is 1. The van der Waals surface area contributed by atoms with Crippen molar-refractivity contribution in [2.75, 3.05) is 26.3 Å². The number of aliphatic hydroxyl groups is 2. The van der Waals surface area contributed by atoms with Gasteiger partial charge >= 0.3 is 35.5 Å². The molecule has 0 saturated carbocycles. The van der Waals surface area contributed by atoms with Crippen molar-refractivity contribution in [3.05, 3.63) is 96.2 Å². The van der Waals surface area contributed by atoms with E-state index in [4.69, 9.17) is 14.6 Å². The minimum Gasteiger partial charge on any atom is -1.00 e. The summed E-state index contributed by atoms with van der Waals surface area (Å²) in [6.07, 6.45) is 1.33. The van der Waals surface area contributed by atoms with Gasteiger partial charge < -0.3 is 36.9 Å². The molecule has 0 spiro atoms. The third kappa shape index (κ3) is 9.53. The van der Waals surface area contributed by atoms with Crippen LogP contribution >= 0.6 is 0 Å². The number of nitrogens with one attached hydrogen (secondary N) is 2. The molecular formula is C30H32N3NaO7. The predicted molar refractivity (Wildman–Crippen MR) is 150 cm³/mol. The molecule has 1 heterocycles. The molecule has 0 aliphatic carbocycles. The van der Waals surface area contributed by atoms with Crippen LogP contribution in [0.2, 0.25) is 0 Å². The van der Waals surface area contributed by atoms with Crippen LogP contribution in [0.4, 0.5) is 0 Å². The topological polar surface area (TPSA) is 150 Å². The zero-order chi connectivity index (χ0) is 28.3. The Labute approximate surface area is 261 Å². The van der Waals surface area contributed by atoms with Crippen molar-refractivity contribution in [3.8, 4) is 17.2 Å². The number of nitrogens with zero attached hydrogens (tertiary/aromatic N) is 1. The molecule has 4 rings (SSSR count). The molecule has 0 aliphatic heterocycles. The number of hydrogen-bond donors (Lipinski definition) is 5. The van der Waals surface area contributed by atoms with Gasteiger partial charge in [-0.05, 0) is 54.4 Å². The Bertz CT molecular complexity index is 1430. The monoisotopic (exact) mass is 569 g/mol. The standard InChI is InChI=1S/C30H31N3O7.Na.H/c34-18-21(32-16-22(35)19-39-23-5-2-1-3-6-23)15-20-9-11-24(12-10-20)40-27-13-14-31-29-25(27)7-4-8-26(29)30(38)33-17-28(36)37;;/h1-14,21-22,32,34-35H,15-19H2,(H,33,38)(H,36,37);;/q;+1;-1/t21-,22-;;/m0../s1. The fraction of sp³-hybridized carbons (Fsp3) is 0.233. The van der Waals surface area contributed by atoms with Gasteiger partial charge in [0.1, 0.15) is 36.5 Å². The molecule has 2 atom stereocenters. The number of aliphatic hydroxyl groups excluding tert-OH is 2. The van der Waals surface area contributed by atoms with Gasteiger partial charge in [-0.3, -0.25) is 14.6 Å². The Kier molecular flexibility index (Phi) is 12.5. The van der Waals surface area contributed by atoms with Crippen molar-refractivity contribution in [1.82, 2.24) is 15.6 Å². The molecule has 0 radical (unpaired) electrons. The number of carboxylic acid groups (broad SMARTS) is 1. The molecule has 41 heavy (non-hydrogen) atoms. The summed E-state index contributed by atoms with van der Waals surface area (Å²) in [7, 11) is 0. The van der Waals surface area contributed by atoms with Crippen molar-refractivity contribution in [3.63, 3.8) is 0 Å². The number of hydrogen-bond acceptors (Lipinski definition) is 8. The Morgan fingerprint density at radius 2 is 1.71 bits per heavy atom. The summed E-state index contributed by atoms with van der Waals surface area (Å²) in [5.41, 5.74) is 1.61. The predicted octanol–water partition coefficient (Wildman–Crippen LogP) is -0.109. The quantitative estimate of drug-likeness (QED) is 0.131. The minimum atomic E-state index is -1.14. The summed E-state index contributed by atoms with van der Waals surface area (Å²) in [5, 5.41) is 35.0. The molecule has 10 nitrogen and oxygen atoms in total. The molecule has 1 aromatic heterocycles. The van der Waals surface area contributed by atoms with E-state index in [1.165, 1.54) is 6.20 Å². The van der Waals surface area contributed by atoms with Gasteiger partial charge in [0, 0.05) is 24.2 Å². The number of benzene rings is 3. The Morgan fingerprint density at radius 1 is 0.951 bits per heavy atom. The van der Waals surface area contributed by atoms with Gasteiger partial charge in [0.25, 0.3) is 5.91 Å². The third-order valence-electron chi connectivity index (χ3n) is 6.06. The number of ether oxygens (including phenoxy) is 2. The second-order valence-electron chi connectivity index (χ2n) is 9.10. The van der Waals surface area contributed by atoms with Crippen LogP contribution in [-0.2, 0) is 11.2 Å². The first-order valence-electron chi connectivity index (χ1n) is 12.8. The van der Waals surface area contributed by atoms with Crippen molar-refractivity contribution >= 4 is 22.8 Å². The van der Waals surface area contributed by atoms with E-state index in [2.05, 4.69) is 15.6 Å². The number of amides is 1. The van der Waals surface area contributed by atoms with Crippen LogP contribution in [0.5, 0.6) is 17.2 Å². The molecule has 5 N–H and O–H groups in total. The smallest absolute Gasteiger partial charge is 1.00 e. The summed E-state index contributed by atoms with van der Waals surface area (Å²) in [4.78, 5) is 27.6. The average Bonchev–Trinajstić information content (AvgIpc) is 2.98. The molecule has 0 aliphatic rings. The Balaban J connectivity index is 0.00000308. The summed E-state index contributed by atoms with van der Waals surface area (Å²) in [6.45, 7) is -0.187. The fourth-order valence-corrected chi connectivity index (χ4v) is 4.05. The molecule has 1 amide bonds. The van der Waals surface area contributed by atoms with Crippen molar-refractivity contribution in [1.29, 1.82) is 0 Å². The van der Waals surface area contributed by atoms with E-state index in [9.17, 15) is 19.8 Å². The van der Waals surface area contributed by atoms with Crippen LogP contribution in [0.3, 0.4) is 0 Å². The first-order chi connectivity index (χ1) is 19.4. The van der Waals surface area contributed by atoms with E-state index in [0.29, 0.717) is 34.6 Å². The minimum absolute atomic E-state index is 0. The maximum absolute atomic E-state index is 12.5. The van der Waals surface area contributed by atoms with Gasteiger partial charge in [-0.25, -0.2) is 0 Å². The van der Waals surface area contributed by atoms with Gasteiger partial charge in [-0.2, -0.15) is 0 Å². The van der Waals surface area contributed by atoms with Crippen LogP contribution < -0.4 is 49.7 Å². The molecule has 3 aromatic carbocycles. The van der Waals surface area contributed by atoms with E-state index in [0.717, 1.165) is 5.56 Å². The number of para-hydroxylation sites is 2. The number of carbonyl (C=O) groups excluding carboxylic acids is 1. The normalized spacial score (nSPS) is 12.1. The molecule has 0 saturated heterocycles.